The van der Waals surface area contributed by atoms with E-state index in [9.17, 15) is 9.59 Å². The van der Waals surface area contributed by atoms with Crippen molar-refractivity contribution in [3.63, 3.8) is 0 Å². The summed E-state index contributed by atoms with van der Waals surface area (Å²) in [7, 11) is 1.59. The van der Waals surface area contributed by atoms with E-state index in [4.69, 9.17) is 9.84 Å². The largest absolute Gasteiger partial charge is 0.447 e. The fourth-order valence-corrected chi connectivity index (χ4v) is 3.45. The van der Waals surface area contributed by atoms with Crippen LogP contribution >= 0.6 is 0 Å². The molecule has 33 heavy (non-hydrogen) atoms. The molecule has 0 aromatic heterocycles. The molecular formula is C26H35N3O4. The Morgan fingerprint density at radius 1 is 1.27 bits per heavy atom. The standard InChI is InChI=1S/C26H35N3O4/c1-18-12-13-21(16-19(18)2)8-5-11-24(26(32)28-14-7-15-30)25(27-4)29-20(3)33-23-10-6-9-22(31)17-23/h5,8,12-13,16-17,24,30H,6-7,9-11,14-15H2,1-4H3,(H,28,32). The van der Waals surface area contributed by atoms with Crippen molar-refractivity contribution in [2.75, 3.05) is 20.2 Å². The Morgan fingerprint density at radius 3 is 2.73 bits per heavy atom. The number of rotatable bonds is 9. The number of carbonyl (C=O) groups is 2. The second-order valence-electron chi connectivity index (χ2n) is 8.15. The first kappa shape index (κ1) is 26.2. The highest BCUT2D eigenvalue weighted by atomic mass is 16.5. The van der Waals surface area contributed by atoms with Crippen LogP contribution in [0.5, 0.6) is 0 Å². The van der Waals surface area contributed by atoms with E-state index in [1.54, 1.807) is 14.0 Å². The van der Waals surface area contributed by atoms with E-state index in [0.717, 1.165) is 12.0 Å². The summed E-state index contributed by atoms with van der Waals surface area (Å²) in [5.41, 5.74) is 3.50. The topological polar surface area (TPSA) is 100 Å². The van der Waals surface area contributed by atoms with Crippen LogP contribution in [0.4, 0.5) is 0 Å². The van der Waals surface area contributed by atoms with Crippen molar-refractivity contribution in [2.24, 2.45) is 15.9 Å². The smallest absolute Gasteiger partial charge is 0.231 e. The average Bonchev–Trinajstić information content (AvgIpc) is 2.78. The van der Waals surface area contributed by atoms with Crippen molar-refractivity contribution in [3.8, 4) is 0 Å². The van der Waals surface area contributed by atoms with Crippen molar-refractivity contribution in [3.05, 3.63) is 52.8 Å². The molecule has 2 N–H and O–H groups in total. The molecule has 178 valence electrons. The predicted octanol–water partition coefficient (Wildman–Crippen LogP) is 3.92. The van der Waals surface area contributed by atoms with Gasteiger partial charge in [0.15, 0.2) is 11.7 Å². The summed E-state index contributed by atoms with van der Waals surface area (Å²) >= 11 is 0. The number of nitrogens with zero attached hydrogens (tertiary/aromatic N) is 2. The first-order valence-electron chi connectivity index (χ1n) is 11.4. The van der Waals surface area contributed by atoms with E-state index >= 15 is 0 Å². The maximum Gasteiger partial charge on any atom is 0.231 e. The number of nitrogens with one attached hydrogen (secondary N) is 1. The lowest BCUT2D eigenvalue weighted by atomic mass is 10.0. The molecule has 0 bridgehead atoms. The predicted molar refractivity (Wildman–Crippen MR) is 132 cm³/mol. The van der Waals surface area contributed by atoms with Gasteiger partial charge in [0.1, 0.15) is 17.5 Å². The SMILES string of the molecule is CN=C(N=C(C)OC1=CC(=O)CCC1)C(CC=Cc1ccc(C)c(C)c1)C(=O)NCCCO. The Kier molecular flexibility index (Phi) is 10.7. The van der Waals surface area contributed by atoms with Crippen LogP contribution in [-0.2, 0) is 14.3 Å². The first-order chi connectivity index (χ1) is 15.8. The van der Waals surface area contributed by atoms with Gasteiger partial charge in [-0.2, -0.15) is 0 Å². The molecule has 0 saturated heterocycles. The zero-order chi connectivity index (χ0) is 24.2. The highest BCUT2D eigenvalue weighted by molar-refractivity contribution is 6.07. The van der Waals surface area contributed by atoms with Crippen LogP contribution in [0.3, 0.4) is 0 Å². The average molecular weight is 454 g/mol. The summed E-state index contributed by atoms with van der Waals surface area (Å²) < 4.78 is 5.75. The van der Waals surface area contributed by atoms with Gasteiger partial charge in [-0.1, -0.05) is 30.4 Å². The van der Waals surface area contributed by atoms with Gasteiger partial charge >= 0.3 is 0 Å². The second-order valence-corrected chi connectivity index (χ2v) is 8.15. The van der Waals surface area contributed by atoms with Gasteiger partial charge in [0, 0.05) is 46.0 Å². The van der Waals surface area contributed by atoms with Crippen LogP contribution in [0.1, 0.15) is 55.7 Å². The Bertz CT molecular complexity index is 960. The molecule has 0 spiro atoms. The molecule has 1 atom stereocenters. The zero-order valence-corrected chi connectivity index (χ0v) is 20.1. The van der Waals surface area contributed by atoms with E-state index < -0.39 is 5.92 Å². The monoisotopic (exact) mass is 453 g/mol. The number of hydrogen-bond acceptors (Lipinski definition) is 5. The second kappa shape index (κ2) is 13.5. The summed E-state index contributed by atoms with van der Waals surface area (Å²) in [5, 5.41) is 11.9. The lowest BCUT2D eigenvalue weighted by molar-refractivity contribution is -0.123. The molecule has 1 aliphatic rings. The van der Waals surface area contributed by atoms with Crippen LogP contribution in [-0.4, -0.2) is 48.7 Å². The van der Waals surface area contributed by atoms with E-state index in [1.807, 2.05) is 18.2 Å². The Hall–Kier alpha value is -3.06. The number of benzene rings is 1. The minimum atomic E-state index is -0.614. The van der Waals surface area contributed by atoms with E-state index in [0.29, 0.717) is 49.7 Å². The minimum absolute atomic E-state index is 0.00524. The molecule has 7 nitrogen and oxygen atoms in total. The van der Waals surface area contributed by atoms with Gasteiger partial charge in [0.2, 0.25) is 5.91 Å². The lowest BCUT2D eigenvalue weighted by Gasteiger charge is -2.17. The van der Waals surface area contributed by atoms with Gasteiger partial charge in [0.05, 0.1) is 0 Å². The van der Waals surface area contributed by atoms with Gasteiger partial charge < -0.3 is 15.2 Å². The Balaban J connectivity index is 2.18. The van der Waals surface area contributed by atoms with Crippen LogP contribution in [0.2, 0.25) is 0 Å². The Morgan fingerprint density at radius 2 is 2.06 bits per heavy atom. The molecule has 1 amide bonds. The number of ether oxygens (including phenoxy) is 1. The van der Waals surface area contributed by atoms with Crippen LogP contribution < -0.4 is 5.32 Å². The lowest BCUT2D eigenvalue weighted by Crippen LogP contribution is -2.36. The van der Waals surface area contributed by atoms with Gasteiger partial charge in [-0.25, -0.2) is 4.99 Å². The quantitative estimate of drug-likeness (QED) is 0.336. The summed E-state index contributed by atoms with van der Waals surface area (Å²) in [4.78, 5) is 33.3. The molecule has 7 heteroatoms. The molecule has 1 aliphatic carbocycles. The molecule has 2 rings (SSSR count). The third-order valence-corrected chi connectivity index (χ3v) is 5.42. The highest BCUT2D eigenvalue weighted by Gasteiger charge is 2.23. The third kappa shape index (κ3) is 8.77. The minimum Gasteiger partial charge on any atom is -0.447 e. The van der Waals surface area contributed by atoms with Crippen molar-refractivity contribution in [2.45, 2.75) is 52.9 Å². The van der Waals surface area contributed by atoms with Gasteiger partial charge in [-0.05, 0) is 49.8 Å². The normalized spacial score (nSPS) is 16.0. The van der Waals surface area contributed by atoms with Crippen molar-refractivity contribution >= 4 is 29.5 Å². The summed E-state index contributed by atoms with van der Waals surface area (Å²) in [6.07, 6.45) is 8.29. The molecule has 1 aromatic carbocycles. The van der Waals surface area contributed by atoms with Gasteiger partial charge in [-0.15, -0.1) is 0 Å². The maximum atomic E-state index is 12.9. The van der Waals surface area contributed by atoms with Crippen molar-refractivity contribution in [1.82, 2.24) is 5.32 Å². The fourth-order valence-electron chi connectivity index (χ4n) is 3.45. The van der Waals surface area contributed by atoms with Crippen LogP contribution in [0.25, 0.3) is 6.08 Å². The Labute approximate surface area is 196 Å². The molecule has 0 saturated carbocycles. The summed E-state index contributed by atoms with van der Waals surface area (Å²) in [6.45, 7) is 6.21. The van der Waals surface area contributed by atoms with Crippen molar-refractivity contribution < 1.29 is 19.4 Å². The number of aliphatic imine (C=N–C) groups is 2. The third-order valence-electron chi connectivity index (χ3n) is 5.42. The number of ketones is 1. The zero-order valence-electron chi connectivity index (χ0n) is 20.1. The number of hydrogen-bond donors (Lipinski definition) is 2. The van der Waals surface area contributed by atoms with Crippen molar-refractivity contribution in [1.29, 1.82) is 0 Å². The van der Waals surface area contributed by atoms with E-state index in [1.165, 1.54) is 17.2 Å². The molecule has 0 aliphatic heterocycles. The maximum absolute atomic E-state index is 12.9. The number of allylic oxidation sites excluding steroid dienone is 3. The summed E-state index contributed by atoms with van der Waals surface area (Å²) in [5.74, 6) is 0.492. The number of carbonyl (C=O) groups excluding carboxylic acids is 2. The molecular weight excluding hydrogens is 418 g/mol. The number of aliphatic hydroxyl groups excluding tert-OH is 1. The first-order valence-corrected chi connectivity index (χ1v) is 11.4. The highest BCUT2D eigenvalue weighted by Crippen LogP contribution is 2.18. The summed E-state index contributed by atoms with van der Waals surface area (Å²) in [6, 6.07) is 6.22. The molecule has 0 fully saturated rings. The fraction of sp³-hybridized carbons (Fsp3) is 0.462. The molecule has 0 radical (unpaired) electrons. The number of amidine groups is 1. The number of amides is 1. The van der Waals surface area contributed by atoms with E-state index in [2.05, 4.69) is 41.3 Å². The number of aliphatic hydroxyl groups is 1. The van der Waals surface area contributed by atoms with Crippen LogP contribution in [0.15, 0.2) is 46.1 Å². The molecule has 0 heterocycles. The number of aryl methyl sites for hydroxylation is 2. The van der Waals surface area contributed by atoms with Gasteiger partial charge in [-0.3, -0.25) is 14.6 Å². The molecule has 1 unspecified atom stereocenters. The van der Waals surface area contributed by atoms with E-state index in [-0.39, 0.29) is 18.3 Å². The van der Waals surface area contributed by atoms with Gasteiger partial charge in [0.25, 0.3) is 0 Å². The molecule has 1 aromatic rings. The van der Waals surface area contributed by atoms with Crippen LogP contribution in [0, 0.1) is 19.8 Å².